The number of rotatable bonds is 17. The SMILES string of the molecule is CCCCOC(=O)C(CNCCN)N(CCC(=O)OCc1ccccc1)C(=O)OCCCC. The molecule has 0 bridgehead atoms. The summed E-state index contributed by atoms with van der Waals surface area (Å²) < 4.78 is 16.0. The molecule has 0 saturated heterocycles. The maximum Gasteiger partial charge on any atom is 0.410 e. The van der Waals surface area contributed by atoms with Crippen molar-refractivity contribution in [1.29, 1.82) is 0 Å². The van der Waals surface area contributed by atoms with Gasteiger partial charge in [-0.05, 0) is 18.4 Å². The molecule has 1 amide bonds. The van der Waals surface area contributed by atoms with E-state index in [1.807, 2.05) is 44.2 Å². The third-order valence-corrected chi connectivity index (χ3v) is 4.81. The van der Waals surface area contributed by atoms with Gasteiger partial charge in [-0.1, -0.05) is 57.0 Å². The fourth-order valence-corrected chi connectivity index (χ4v) is 2.86. The summed E-state index contributed by atoms with van der Waals surface area (Å²) in [5.74, 6) is -1.02. The highest BCUT2D eigenvalue weighted by molar-refractivity contribution is 5.82. The Morgan fingerprint density at radius 2 is 1.67 bits per heavy atom. The normalized spacial score (nSPS) is 11.5. The molecule has 33 heavy (non-hydrogen) atoms. The van der Waals surface area contributed by atoms with Gasteiger partial charge in [0.2, 0.25) is 0 Å². The predicted molar refractivity (Wildman–Crippen MR) is 125 cm³/mol. The van der Waals surface area contributed by atoms with Crippen molar-refractivity contribution in [1.82, 2.24) is 10.2 Å². The molecule has 0 aliphatic heterocycles. The van der Waals surface area contributed by atoms with Crippen molar-refractivity contribution in [2.75, 3.05) is 39.4 Å². The van der Waals surface area contributed by atoms with E-state index in [9.17, 15) is 14.4 Å². The van der Waals surface area contributed by atoms with Crippen molar-refractivity contribution in [3.8, 4) is 0 Å². The van der Waals surface area contributed by atoms with Gasteiger partial charge in [-0.25, -0.2) is 9.59 Å². The van der Waals surface area contributed by atoms with Gasteiger partial charge < -0.3 is 25.3 Å². The highest BCUT2D eigenvalue weighted by atomic mass is 16.6. The molecule has 9 nitrogen and oxygen atoms in total. The van der Waals surface area contributed by atoms with Crippen molar-refractivity contribution in [3.05, 3.63) is 35.9 Å². The number of hydrogen-bond donors (Lipinski definition) is 2. The van der Waals surface area contributed by atoms with E-state index < -0.39 is 24.1 Å². The van der Waals surface area contributed by atoms with Crippen LogP contribution < -0.4 is 11.1 Å². The number of nitrogens with two attached hydrogens (primary N) is 1. The van der Waals surface area contributed by atoms with Crippen LogP contribution in [-0.4, -0.2) is 68.4 Å². The lowest BCUT2D eigenvalue weighted by molar-refractivity contribution is -0.151. The Kier molecular flexibility index (Phi) is 15.4. The third-order valence-electron chi connectivity index (χ3n) is 4.81. The number of nitrogens with one attached hydrogen (secondary N) is 1. The van der Waals surface area contributed by atoms with Crippen LogP contribution in [0.4, 0.5) is 4.79 Å². The first-order chi connectivity index (χ1) is 16.0. The third kappa shape index (κ3) is 12.2. The zero-order valence-electron chi connectivity index (χ0n) is 19.9. The first-order valence-corrected chi connectivity index (χ1v) is 11.7. The van der Waals surface area contributed by atoms with Crippen LogP contribution in [0.3, 0.4) is 0 Å². The molecular formula is C24H39N3O6. The van der Waals surface area contributed by atoms with Crippen molar-refractivity contribution in [2.24, 2.45) is 5.73 Å². The molecule has 1 atom stereocenters. The molecule has 3 N–H and O–H groups in total. The first kappa shape index (κ1) is 28.4. The van der Waals surface area contributed by atoms with Gasteiger partial charge in [-0.3, -0.25) is 9.69 Å². The molecule has 0 heterocycles. The second kappa shape index (κ2) is 17.9. The summed E-state index contributed by atoms with van der Waals surface area (Å²) >= 11 is 0. The molecule has 9 heteroatoms. The van der Waals surface area contributed by atoms with E-state index in [1.165, 1.54) is 4.90 Å². The average Bonchev–Trinajstić information content (AvgIpc) is 2.82. The van der Waals surface area contributed by atoms with Crippen molar-refractivity contribution in [2.45, 2.75) is 58.6 Å². The van der Waals surface area contributed by atoms with Crippen molar-refractivity contribution < 1.29 is 28.6 Å². The standard InChI is InChI=1S/C24H39N3O6/c1-3-5-16-31-23(29)21(18-26-14-13-25)27(24(30)32-17-6-4-2)15-12-22(28)33-19-20-10-8-7-9-11-20/h7-11,21,26H,3-6,12-19,25H2,1-2H3. The van der Waals surface area contributed by atoms with Gasteiger partial charge in [-0.2, -0.15) is 0 Å². The fourth-order valence-electron chi connectivity index (χ4n) is 2.86. The Bertz CT molecular complexity index is 686. The molecule has 1 aromatic rings. The summed E-state index contributed by atoms with van der Waals surface area (Å²) in [5, 5.41) is 3.05. The minimum Gasteiger partial charge on any atom is -0.464 e. The number of benzene rings is 1. The summed E-state index contributed by atoms with van der Waals surface area (Å²) in [6.45, 7) is 5.58. The lowest BCUT2D eigenvalue weighted by atomic mass is 10.2. The number of esters is 2. The van der Waals surface area contributed by atoms with E-state index in [0.29, 0.717) is 19.5 Å². The Labute approximate surface area is 196 Å². The molecule has 1 unspecified atom stereocenters. The smallest absolute Gasteiger partial charge is 0.410 e. The van der Waals surface area contributed by atoms with Crippen LogP contribution in [0, 0.1) is 0 Å². The summed E-state index contributed by atoms with van der Waals surface area (Å²) in [4.78, 5) is 39.2. The molecule has 1 rings (SSSR count). The average molecular weight is 466 g/mol. The number of nitrogens with zero attached hydrogens (tertiary/aromatic N) is 1. The van der Waals surface area contributed by atoms with Gasteiger partial charge in [0.25, 0.3) is 0 Å². The van der Waals surface area contributed by atoms with Gasteiger partial charge in [0.1, 0.15) is 12.6 Å². The fraction of sp³-hybridized carbons (Fsp3) is 0.625. The van der Waals surface area contributed by atoms with E-state index >= 15 is 0 Å². The number of hydrogen-bond acceptors (Lipinski definition) is 8. The molecule has 0 aliphatic carbocycles. The van der Waals surface area contributed by atoms with Gasteiger partial charge >= 0.3 is 18.0 Å². The van der Waals surface area contributed by atoms with Gasteiger partial charge in [0.05, 0.1) is 19.6 Å². The summed E-state index contributed by atoms with van der Waals surface area (Å²) in [6.07, 6.45) is 2.42. The van der Waals surface area contributed by atoms with E-state index in [-0.39, 0.29) is 39.3 Å². The van der Waals surface area contributed by atoms with E-state index in [2.05, 4.69) is 5.32 Å². The van der Waals surface area contributed by atoms with Crippen LogP contribution in [0.2, 0.25) is 0 Å². The molecule has 0 aliphatic rings. The molecule has 0 fully saturated rings. The highest BCUT2D eigenvalue weighted by Gasteiger charge is 2.32. The van der Waals surface area contributed by atoms with Crippen LogP contribution in [0.5, 0.6) is 0 Å². The van der Waals surface area contributed by atoms with Crippen LogP contribution in [0.15, 0.2) is 30.3 Å². The minimum atomic E-state index is -0.940. The van der Waals surface area contributed by atoms with Crippen molar-refractivity contribution in [3.63, 3.8) is 0 Å². The number of carbonyl (C=O) groups is 3. The van der Waals surface area contributed by atoms with Crippen LogP contribution >= 0.6 is 0 Å². The quantitative estimate of drug-likeness (QED) is 0.205. The number of unbranched alkanes of at least 4 members (excludes halogenated alkanes) is 2. The maximum absolute atomic E-state index is 12.8. The number of carbonyl (C=O) groups excluding carboxylic acids is 3. The maximum atomic E-state index is 12.8. The van der Waals surface area contributed by atoms with Gasteiger partial charge in [0.15, 0.2) is 0 Å². The van der Waals surface area contributed by atoms with Crippen LogP contribution in [0.1, 0.15) is 51.5 Å². The van der Waals surface area contributed by atoms with E-state index in [0.717, 1.165) is 24.8 Å². The van der Waals surface area contributed by atoms with Crippen LogP contribution in [-0.2, 0) is 30.4 Å². The Balaban J connectivity index is 2.83. The first-order valence-electron chi connectivity index (χ1n) is 11.7. The Hall–Kier alpha value is -2.65. The van der Waals surface area contributed by atoms with Crippen molar-refractivity contribution >= 4 is 18.0 Å². The van der Waals surface area contributed by atoms with Gasteiger partial charge in [0, 0.05) is 26.2 Å². The largest absolute Gasteiger partial charge is 0.464 e. The topological polar surface area (TPSA) is 120 Å². The molecule has 0 spiro atoms. The molecule has 1 aromatic carbocycles. The molecule has 0 radical (unpaired) electrons. The summed E-state index contributed by atoms with van der Waals surface area (Å²) in [7, 11) is 0. The number of amides is 1. The summed E-state index contributed by atoms with van der Waals surface area (Å²) in [6, 6.07) is 8.38. The van der Waals surface area contributed by atoms with Gasteiger partial charge in [-0.15, -0.1) is 0 Å². The zero-order chi connectivity index (χ0) is 24.3. The monoisotopic (exact) mass is 465 g/mol. The van der Waals surface area contributed by atoms with Crippen LogP contribution in [0.25, 0.3) is 0 Å². The molecule has 0 aromatic heterocycles. The predicted octanol–water partition coefficient (Wildman–Crippen LogP) is 2.62. The number of ether oxygens (including phenoxy) is 3. The molecular weight excluding hydrogens is 426 g/mol. The van der Waals surface area contributed by atoms with E-state index in [1.54, 1.807) is 0 Å². The lowest BCUT2D eigenvalue weighted by Gasteiger charge is -2.29. The molecule has 0 saturated carbocycles. The highest BCUT2D eigenvalue weighted by Crippen LogP contribution is 2.10. The Morgan fingerprint density at radius 1 is 1.00 bits per heavy atom. The minimum absolute atomic E-state index is 0.0313. The zero-order valence-corrected chi connectivity index (χ0v) is 19.9. The summed E-state index contributed by atoms with van der Waals surface area (Å²) in [5.41, 5.74) is 6.41. The van der Waals surface area contributed by atoms with E-state index in [4.69, 9.17) is 19.9 Å². The second-order valence-corrected chi connectivity index (χ2v) is 7.59. The second-order valence-electron chi connectivity index (χ2n) is 7.59. The molecule has 186 valence electrons. The Morgan fingerprint density at radius 3 is 2.30 bits per heavy atom. The lowest BCUT2D eigenvalue weighted by Crippen LogP contribution is -2.52.